The van der Waals surface area contributed by atoms with Crippen LogP contribution < -0.4 is 5.32 Å². The minimum absolute atomic E-state index is 0.0948. The Morgan fingerprint density at radius 1 is 1.31 bits per heavy atom. The summed E-state index contributed by atoms with van der Waals surface area (Å²) in [6.07, 6.45) is 0. The highest BCUT2D eigenvalue weighted by molar-refractivity contribution is 8.00. The van der Waals surface area contributed by atoms with Crippen LogP contribution in [0, 0.1) is 5.82 Å². The minimum atomic E-state index is -0.318. The monoisotopic (exact) mass is 390 g/mol. The Bertz CT molecular complexity index is 862. The summed E-state index contributed by atoms with van der Waals surface area (Å²) in [5.74, 6) is 0.441. The van der Waals surface area contributed by atoms with Crippen LogP contribution in [0.5, 0.6) is 0 Å². The van der Waals surface area contributed by atoms with Gasteiger partial charge in [-0.25, -0.2) is 4.39 Å². The van der Waals surface area contributed by atoms with Crippen LogP contribution in [-0.2, 0) is 17.9 Å². The molecule has 0 spiro atoms. The van der Waals surface area contributed by atoms with E-state index in [-0.39, 0.29) is 17.0 Å². The lowest BCUT2D eigenvalue weighted by atomic mass is 10.2. The number of carbonyl (C=O) groups excluding carboxylic acids is 1. The predicted molar refractivity (Wildman–Crippen MR) is 103 cm³/mol. The second-order valence-electron chi connectivity index (χ2n) is 5.63. The summed E-state index contributed by atoms with van der Waals surface area (Å²) in [6.45, 7) is 4.96. The third kappa shape index (κ3) is 4.31. The fourth-order valence-electron chi connectivity index (χ4n) is 2.40. The topological polar surface area (TPSA) is 59.8 Å². The highest BCUT2D eigenvalue weighted by Crippen LogP contribution is 2.29. The number of thiophene rings is 1. The first kappa shape index (κ1) is 18.6. The summed E-state index contributed by atoms with van der Waals surface area (Å²) in [4.78, 5) is 13.4. The third-order valence-corrected chi connectivity index (χ3v) is 5.75. The molecule has 2 heterocycles. The van der Waals surface area contributed by atoms with Gasteiger partial charge in [0.15, 0.2) is 11.0 Å². The lowest BCUT2D eigenvalue weighted by Crippen LogP contribution is -2.30. The molecule has 0 aliphatic rings. The van der Waals surface area contributed by atoms with Crippen molar-refractivity contribution in [3.05, 3.63) is 53.2 Å². The Morgan fingerprint density at radius 2 is 2.08 bits per heavy atom. The van der Waals surface area contributed by atoms with E-state index in [1.807, 2.05) is 35.9 Å². The molecule has 8 heteroatoms. The van der Waals surface area contributed by atoms with Gasteiger partial charge < -0.3 is 9.88 Å². The lowest BCUT2D eigenvalue weighted by molar-refractivity contribution is -0.120. The van der Waals surface area contributed by atoms with E-state index in [1.165, 1.54) is 23.9 Å². The van der Waals surface area contributed by atoms with E-state index < -0.39 is 0 Å². The first-order valence-corrected chi connectivity index (χ1v) is 10.00. The van der Waals surface area contributed by atoms with Crippen LogP contribution in [0.4, 0.5) is 4.39 Å². The molecule has 26 heavy (non-hydrogen) atoms. The molecule has 1 atom stereocenters. The maximum Gasteiger partial charge on any atom is 0.233 e. The van der Waals surface area contributed by atoms with Gasteiger partial charge >= 0.3 is 0 Å². The molecular weight excluding hydrogens is 371 g/mol. The number of amides is 1. The summed E-state index contributed by atoms with van der Waals surface area (Å²) in [6, 6.07) is 10.1. The zero-order valence-corrected chi connectivity index (χ0v) is 16.1. The molecule has 5 nitrogen and oxygen atoms in total. The summed E-state index contributed by atoms with van der Waals surface area (Å²) in [5.41, 5.74) is 0.855. The van der Waals surface area contributed by atoms with E-state index in [0.29, 0.717) is 6.54 Å². The van der Waals surface area contributed by atoms with Gasteiger partial charge in [0.25, 0.3) is 0 Å². The third-order valence-electron chi connectivity index (χ3n) is 3.81. The van der Waals surface area contributed by atoms with Crippen LogP contribution in [0.15, 0.2) is 46.9 Å². The Labute approximate surface area is 159 Å². The quantitative estimate of drug-likeness (QED) is 0.620. The molecule has 2 aromatic heterocycles. The SMILES string of the molecule is CCn1c(SC(C)C(=O)NCc2ccc(F)cc2)nnc1-c1cccs1. The first-order valence-electron chi connectivity index (χ1n) is 8.24. The van der Waals surface area contributed by atoms with Crippen molar-refractivity contribution < 1.29 is 9.18 Å². The normalized spacial score (nSPS) is 12.1. The fourth-order valence-corrected chi connectivity index (χ4v) is 4.05. The van der Waals surface area contributed by atoms with Crippen molar-refractivity contribution in [2.45, 2.75) is 37.3 Å². The Balaban J connectivity index is 1.63. The van der Waals surface area contributed by atoms with Crippen LogP contribution in [0.1, 0.15) is 19.4 Å². The number of benzene rings is 1. The van der Waals surface area contributed by atoms with Crippen LogP contribution in [0.25, 0.3) is 10.7 Å². The number of hydrogen-bond acceptors (Lipinski definition) is 5. The predicted octanol–water partition coefficient (Wildman–Crippen LogP) is 3.96. The molecule has 1 unspecified atom stereocenters. The first-order chi connectivity index (χ1) is 12.6. The zero-order valence-electron chi connectivity index (χ0n) is 14.5. The minimum Gasteiger partial charge on any atom is -0.351 e. The largest absolute Gasteiger partial charge is 0.351 e. The maximum absolute atomic E-state index is 12.9. The van der Waals surface area contributed by atoms with Gasteiger partial charge in [-0.2, -0.15) is 0 Å². The van der Waals surface area contributed by atoms with E-state index >= 15 is 0 Å². The van der Waals surface area contributed by atoms with Crippen molar-refractivity contribution in [2.24, 2.45) is 0 Å². The number of thioether (sulfide) groups is 1. The van der Waals surface area contributed by atoms with Crippen molar-refractivity contribution in [3.63, 3.8) is 0 Å². The molecule has 1 amide bonds. The molecule has 3 aromatic rings. The van der Waals surface area contributed by atoms with E-state index in [9.17, 15) is 9.18 Å². The number of nitrogens with one attached hydrogen (secondary N) is 1. The molecule has 1 aromatic carbocycles. The summed E-state index contributed by atoms with van der Waals surface area (Å²) < 4.78 is 14.9. The van der Waals surface area contributed by atoms with Crippen LogP contribution in [-0.4, -0.2) is 25.9 Å². The molecule has 0 aliphatic heterocycles. The molecule has 136 valence electrons. The lowest BCUT2D eigenvalue weighted by Gasteiger charge is -2.12. The molecule has 3 rings (SSSR count). The fraction of sp³-hybridized carbons (Fsp3) is 0.278. The molecule has 0 bridgehead atoms. The summed E-state index contributed by atoms with van der Waals surface area (Å²) in [5, 5.41) is 13.8. The summed E-state index contributed by atoms with van der Waals surface area (Å²) in [7, 11) is 0. The number of halogens is 1. The van der Waals surface area contributed by atoms with Crippen LogP contribution in [0.2, 0.25) is 0 Å². The van der Waals surface area contributed by atoms with E-state index in [2.05, 4.69) is 15.5 Å². The Hall–Kier alpha value is -2.19. The average Bonchev–Trinajstić information content (AvgIpc) is 3.30. The molecule has 0 radical (unpaired) electrons. The van der Waals surface area contributed by atoms with E-state index in [1.54, 1.807) is 23.5 Å². The van der Waals surface area contributed by atoms with Crippen molar-refractivity contribution in [1.29, 1.82) is 0 Å². The van der Waals surface area contributed by atoms with Gasteiger partial charge in [0, 0.05) is 13.1 Å². The number of hydrogen-bond donors (Lipinski definition) is 1. The molecular formula is C18H19FN4OS2. The Kier molecular flexibility index (Phi) is 6.05. The van der Waals surface area contributed by atoms with Crippen LogP contribution >= 0.6 is 23.1 Å². The number of rotatable bonds is 7. The van der Waals surface area contributed by atoms with Gasteiger partial charge in [0.1, 0.15) is 5.82 Å². The number of nitrogens with zero attached hydrogens (tertiary/aromatic N) is 3. The molecule has 0 saturated heterocycles. The van der Waals surface area contributed by atoms with Gasteiger partial charge in [-0.1, -0.05) is 30.0 Å². The van der Waals surface area contributed by atoms with Gasteiger partial charge in [-0.05, 0) is 43.0 Å². The standard InChI is InChI=1S/C18H19FN4OS2/c1-3-23-16(15-5-4-10-25-15)21-22-18(23)26-12(2)17(24)20-11-13-6-8-14(19)9-7-13/h4-10,12H,3,11H2,1-2H3,(H,20,24). The number of aromatic nitrogens is 3. The molecule has 0 fully saturated rings. The zero-order chi connectivity index (χ0) is 18.5. The maximum atomic E-state index is 12.9. The highest BCUT2D eigenvalue weighted by Gasteiger charge is 2.20. The van der Waals surface area contributed by atoms with Crippen molar-refractivity contribution in [2.75, 3.05) is 0 Å². The van der Waals surface area contributed by atoms with Crippen molar-refractivity contribution >= 4 is 29.0 Å². The molecule has 0 aliphatic carbocycles. The number of carbonyl (C=O) groups is 1. The second kappa shape index (κ2) is 8.46. The second-order valence-corrected chi connectivity index (χ2v) is 7.89. The Morgan fingerprint density at radius 3 is 2.73 bits per heavy atom. The van der Waals surface area contributed by atoms with Gasteiger partial charge in [-0.15, -0.1) is 21.5 Å². The van der Waals surface area contributed by atoms with Crippen molar-refractivity contribution in [3.8, 4) is 10.7 Å². The van der Waals surface area contributed by atoms with E-state index in [0.717, 1.165) is 28.0 Å². The summed E-state index contributed by atoms with van der Waals surface area (Å²) >= 11 is 2.99. The van der Waals surface area contributed by atoms with E-state index in [4.69, 9.17) is 0 Å². The molecule has 0 saturated carbocycles. The van der Waals surface area contributed by atoms with Gasteiger partial charge in [0.2, 0.25) is 5.91 Å². The van der Waals surface area contributed by atoms with Crippen LogP contribution in [0.3, 0.4) is 0 Å². The van der Waals surface area contributed by atoms with Crippen molar-refractivity contribution in [1.82, 2.24) is 20.1 Å². The average molecular weight is 391 g/mol. The smallest absolute Gasteiger partial charge is 0.233 e. The molecule has 1 N–H and O–H groups in total. The van der Waals surface area contributed by atoms with Gasteiger partial charge in [-0.3, -0.25) is 4.79 Å². The van der Waals surface area contributed by atoms with Gasteiger partial charge in [0.05, 0.1) is 10.1 Å². The highest BCUT2D eigenvalue weighted by atomic mass is 32.2.